The third-order valence-electron chi connectivity index (χ3n) is 1.84. The van der Waals surface area contributed by atoms with Gasteiger partial charge in [-0.1, -0.05) is 0 Å². The van der Waals surface area contributed by atoms with E-state index in [1.165, 1.54) is 0 Å². The molecule has 0 aromatic carbocycles. The monoisotopic (exact) mass is 362 g/mol. The lowest BCUT2D eigenvalue weighted by Gasteiger charge is -2.31. The molecule has 12 heteroatoms. The fourth-order valence-corrected chi connectivity index (χ4v) is 1.01. The predicted octanol–water partition coefficient (Wildman–Crippen LogP) is 3.28. The highest BCUT2D eigenvalue weighted by Gasteiger charge is 2.68. The summed E-state index contributed by atoms with van der Waals surface area (Å²) >= 11 is 9.31. The summed E-state index contributed by atoms with van der Waals surface area (Å²) in [7, 11) is 0.778. The fraction of sp³-hybridized carbons (Fsp3) is 1.00. The van der Waals surface area contributed by atoms with Gasteiger partial charge in [-0.05, 0) is 0 Å². The van der Waals surface area contributed by atoms with Crippen molar-refractivity contribution in [2.45, 2.75) is 36.8 Å². The minimum Gasteiger partial charge on any atom is -0.239 e. The van der Waals surface area contributed by atoms with Crippen molar-refractivity contribution in [3.8, 4) is 0 Å². The number of hydrogen-bond acceptors (Lipinski definition) is 0. The molecule has 3 atom stereocenters. The van der Waals surface area contributed by atoms with Gasteiger partial charge < -0.3 is 0 Å². The fourth-order valence-electron chi connectivity index (χ4n) is 0.817. The van der Waals surface area contributed by atoms with Crippen LogP contribution >= 0.6 is 22.7 Å². The first-order valence-corrected chi connectivity index (χ1v) is 7.95. The summed E-state index contributed by atoms with van der Waals surface area (Å²) in [5.41, 5.74) is 0. The largest absolute Gasteiger partial charge is 0.346 e. The summed E-state index contributed by atoms with van der Waals surface area (Å²) in [4.78, 5) is 0. The van der Waals surface area contributed by atoms with E-state index in [0.717, 1.165) is 9.55 Å². The molecule has 0 spiro atoms. The van der Waals surface area contributed by atoms with Gasteiger partial charge in [0.1, 0.15) is 9.55 Å². The van der Waals surface area contributed by atoms with Crippen LogP contribution in [0, 0.1) is 0 Å². The molecule has 0 heterocycles. The van der Waals surface area contributed by atoms with E-state index >= 15 is 0 Å². The van der Waals surface area contributed by atoms with Crippen LogP contribution in [-0.4, -0.2) is 52.2 Å². The zero-order chi connectivity index (χ0) is 16.0. The second-order valence-electron chi connectivity index (χ2n) is 3.05. The van der Waals surface area contributed by atoms with Gasteiger partial charge in [0.25, 0.3) is 6.43 Å². The van der Waals surface area contributed by atoms with Crippen LogP contribution in [0.3, 0.4) is 0 Å². The molecule has 0 aromatic rings. The quantitative estimate of drug-likeness (QED) is 0.294. The summed E-state index contributed by atoms with van der Waals surface area (Å²) < 4.78 is 111. The van der Waals surface area contributed by atoms with Crippen molar-refractivity contribution in [2.24, 2.45) is 0 Å². The Labute approximate surface area is 115 Å². The zero-order valence-electron chi connectivity index (χ0n) is 9.17. The molecular weight excluding hydrogens is 354 g/mol. The molecular formula is C7H9Cl2F9Si. The summed E-state index contributed by atoms with van der Waals surface area (Å²) in [5.74, 6) is -13.2. The first-order chi connectivity index (χ1) is 8.50. The first kappa shape index (κ1) is 21.5. The number of rotatable bonds is 6. The van der Waals surface area contributed by atoms with Gasteiger partial charge in [-0.25, -0.2) is 22.0 Å². The SMILES string of the molecule is FC(F)C(F)C(F)C(F)(F)C(F)(F)C(F)CCl.[SiH3]Cl. The van der Waals surface area contributed by atoms with Gasteiger partial charge in [-0.15, -0.1) is 11.6 Å². The summed E-state index contributed by atoms with van der Waals surface area (Å²) in [6.45, 7) is 0. The molecule has 19 heavy (non-hydrogen) atoms. The van der Waals surface area contributed by atoms with Crippen molar-refractivity contribution >= 4 is 32.2 Å². The predicted molar refractivity (Wildman–Crippen MR) is 57.1 cm³/mol. The summed E-state index contributed by atoms with van der Waals surface area (Å²) in [6, 6.07) is 0. The third kappa shape index (κ3) is 4.89. The van der Waals surface area contributed by atoms with Crippen LogP contribution in [0.15, 0.2) is 0 Å². The van der Waals surface area contributed by atoms with E-state index in [1.54, 1.807) is 0 Å². The molecule has 0 radical (unpaired) electrons. The van der Waals surface area contributed by atoms with Gasteiger partial charge in [-0.3, -0.25) is 0 Å². The second-order valence-corrected chi connectivity index (χ2v) is 3.36. The van der Waals surface area contributed by atoms with Crippen LogP contribution in [0.1, 0.15) is 0 Å². The minimum atomic E-state index is -5.93. The average Bonchev–Trinajstić information content (AvgIpc) is 2.37. The van der Waals surface area contributed by atoms with Crippen molar-refractivity contribution in [2.75, 3.05) is 5.88 Å². The molecule has 0 aromatic heterocycles. The Morgan fingerprint density at radius 3 is 1.47 bits per heavy atom. The van der Waals surface area contributed by atoms with Crippen LogP contribution in [-0.2, 0) is 0 Å². The number of halogens is 11. The molecule has 0 aliphatic carbocycles. The van der Waals surface area contributed by atoms with E-state index < -0.39 is 42.7 Å². The average molecular weight is 363 g/mol. The van der Waals surface area contributed by atoms with Gasteiger partial charge in [0.2, 0.25) is 6.17 Å². The second kappa shape index (κ2) is 8.45. The summed E-state index contributed by atoms with van der Waals surface area (Å²) in [6.07, 6.45) is -16.6. The standard InChI is InChI=1S/C7H6ClF9.ClH3Si/c8-1-2(9)6(14,15)7(16,17)4(11)3(10)5(12)13;1-2/h2-5H,1H2;2H3. The van der Waals surface area contributed by atoms with Crippen LogP contribution < -0.4 is 0 Å². The molecule has 0 aliphatic heterocycles. The van der Waals surface area contributed by atoms with Crippen LogP contribution in [0.5, 0.6) is 0 Å². The minimum absolute atomic E-state index is 0.778. The number of hydrogen-bond donors (Lipinski definition) is 0. The van der Waals surface area contributed by atoms with Crippen molar-refractivity contribution in [1.82, 2.24) is 0 Å². The lowest BCUT2D eigenvalue weighted by molar-refractivity contribution is -0.273. The molecule has 3 unspecified atom stereocenters. The first-order valence-electron chi connectivity index (χ1n) is 4.39. The number of alkyl halides is 10. The smallest absolute Gasteiger partial charge is 0.239 e. The molecule has 0 saturated heterocycles. The zero-order valence-corrected chi connectivity index (χ0v) is 12.7. The lowest BCUT2D eigenvalue weighted by atomic mass is 10.00. The highest BCUT2D eigenvalue weighted by molar-refractivity contribution is 6.80. The molecule has 0 saturated carbocycles. The Bertz CT molecular complexity index is 253. The Morgan fingerprint density at radius 2 is 1.21 bits per heavy atom. The highest BCUT2D eigenvalue weighted by Crippen LogP contribution is 2.44. The van der Waals surface area contributed by atoms with Gasteiger partial charge in [0.15, 0.2) is 12.3 Å². The van der Waals surface area contributed by atoms with Crippen molar-refractivity contribution < 1.29 is 39.5 Å². The molecule has 0 nitrogen and oxygen atoms in total. The van der Waals surface area contributed by atoms with Crippen LogP contribution in [0.4, 0.5) is 39.5 Å². The lowest BCUT2D eigenvalue weighted by Crippen LogP contribution is -2.57. The van der Waals surface area contributed by atoms with Crippen molar-refractivity contribution in [3.63, 3.8) is 0 Å². The molecule has 0 rings (SSSR count). The highest BCUT2D eigenvalue weighted by atomic mass is 35.6. The molecule has 118 valence electrons. The maximum absolute atomic E-state index is 12.6. The molecule has 0 amide bonds. The molecule has 0 N–H and O–H groups in total. The van der Waals surface area contributed by atoms with Crippen molar-refractivity contribution in [3.05, 3.63) is 0 Å². The maximum Gasteiger partial charge on any atom is 0.346 e. The van der Waals surface area contributed by atoms with Crippen molar-refractivity contribution in [1.29, 1.82) is 0 Å². The van der Waals surface area contributed by atoms with Gasteiger partial charge in [0.05, 0.1) is 5.88 Å². The van der Waals surface area contributed by atoms with E-state index in [4.69, 9.17) is 11.1 Å². The Balaban J connectivity index is 0. The van der Waals surface area contributed by atoms with Crippen LogP contribution in [0.2, 0.25) is 0 Å². The van der Waals surface area contributed by atoms with Crippen LogP contribution in [0.25, 0.3) is 0 Å². The van der Waals surface area contributed by atoms with E-state index in [0.29, 0.717) is 0 Å². The van der Waals surface area contributed by atoms with E-state index in [2.05, 4.69) is 11.6 Å². The topological polar surface area (TPSA) is 0 Å². The Morgan fingerprint density at radius 1 is 0.842 bits per heavy atom. The van der Waals surface area contributed by atoms with Gasteiger partial charge >= 0.3 is 11.8 Å². The molecule has 0 bridgehead atoms. The van der Waals surface area contributed by atoms with E-state index in [-0.39, 0.29) is 0 Å². The third-order valence-corrected chi connectivity index (χ3v) is 2.11. The molecule has 0 fully saturated rings. The Kier molecular flexibility index (Phi) is 9.55. The van der Waals surface area contributed by atoms with E-state index in [1.807, 2.05) is 0 Å². The normalized spacial score (nSPS) is 17.7. The maximum atomic E-state index is 12.6. The van der Waals surface area contributed by atoms with Gasteiger partial charge in [0, 0.05) is 0 Å². The Hall–Kier alpha value is 0.167. The van der Waals surface area contributed by atoms with Gasteiger partial charge in [-0.2, -0.15) is 28.6 Å². The van der Waals surface area contributed by atoms with E-state index in [9.17, 15) is 39.5 Å². The molecule has 0 aliphatic rings. The summed E-state index contributed by atoms with van der Waals surface area (Å²) in [5, 5.41) is 0.